The second kappa shape index (κ2) is 9.34. The van der Waals surface area contributed by atoms with Gasteiger partial charge in [-0.15, -0.1) is 5.11 Å². The smallest absolute Gasteiger partial charge is 0.263 e. The molecule has 2 aromatic carbocycles. The van der Waals surface area contributed by atoms with Crippen LogP contribution in [0.25, 0.3) is 0 Å². The summed E-state index contributed by atoms with van der Waals surface area (Å²) in [5.74, 6) is -0.620. The second-order valence-corrected chi connectivity index (χ2v) is 6.52. The Kier molecular flexibility index (Phi) is 5.97. The van der Waals surface area contributed by atoms with Crippen molar-refractivity contribution in [2.24, 2.45) is 10.3 Å². The molecule has 13 nitrogen and oxygen atoms in total. The molecule has 4 rings (SSSR count). The van der Waals surface area contributed by atoms with Crippen molar-refractivity contribution >= 4 is 29.2 Å². The number of rotatable bonds is 8. The molecule has 0 aliphatic rings. The van der Waals surface area contributed by atoms with Crippen LogP contribution in [0.1, 0.15) is 17.2 Å². The van der Waals surface area contributed by atoms with Gasteiger partial charge in [-0.2, -0.15) is 0 Å². The lowest BCUT2D eigenvalue weighted by atomic mass is 9.99. The molecule has 0 bridgehead atoms. The summed E-state index contributed by atoms with van der Waals surface area (Å²) in [4.78, 5) is 13.0. The molecular formula is C19H18N10O3. The van der Waals surface area contributed by atoms with Crippen molar-refractivity contribution in [1.29, 1.82) is 0 Å². The van der Waals surface area contributed by atoms with Gasteiger partial charge in [0.25, 0.3) is 5.82 Å². The number of carbonyl (C=O) groups is 1. The molecule has 0 unspecified atom stereocenters. The van der Waals surface area contributed by atoms with Gasteiger partial charge in [-0.3, -0.25) is 4.79 Å². The Bertz CT molecular complexity index is 1150. The lowest BCUT2D eigenvalue weighted by molar-refractivity contribution is -0.120. The molecule has 0 fully saturated rings. The minimum absolute atomic E-state index is 0.00472. The zero-order valence-corrected chi connectivity index (χ0v) is 16.6. The highest BCUT2D eigenvalue weighted by Gasteiger charge is 2.22. The maximum absolute atomic E-state index is 13.0. The molecule has 1 amide bonds. The van der Waals surface area contributed by atoms with Crippen LogP contribution in [0, 0.1) is 0 Å². The van der Waals surface area contributed by atoms with Crippen molar-refractivity contribution in [3.05, 3.63) is 71.8 Å². The first-order valence-corrected chi connectivity index (χ1v) is 9.36. The average molecular weight is 434 g/mol. The van der Waals surface area contributed by atoms with Crippen LogP contribution in [-0.2, 0) is 4.79 Å². The first-order chi connectivity index (χ1) is 15.6. The van der Waals surface area contributed by atoms with E-state index in [-0.39, 0.29) is 29.8 Å². The molecule has 0 spiro atoms. The molecular weight excluding hydrogens is 416 g/mol. The molecule has 2 aromatic heterocycles. The van der Waals surface area contributed by atoms with Crippen LogP contribution < -0.4 is 21.8 Å². The van der Waals surface area contributed by atoms with Crippen LogP contribution in [0.3, 0.4) is 0 Å². The molecule has 0 saturated carbocycles. The summed E-state index contributed by atoms with van der Waals surface area (Å²) < 4.78 is 9.09. The van der Waals surface area contributed by atoms with Gasteiger partial charge < -0.3 is 16.8 Å². The number of nitrogens with one attached hydrogen (secondary N) is 1. The molecule has 2 heterocycles. The van der Waals surface area contributed by atoms with Crippen molar-refractivity contribution in [3.8, 4) is 0 Å². The quantitative estimate of drug-likeness (QED) is 0.273. The first kappa shape index (κ1) is 20.5. The van der Waals surface area contributed by atoms with Gasteiger partial charge in [-0.25, -0.2) is 14.3 Å². The number of hydrogen-bond acceptors (Lipinski definition) is 11. The van der Waals surface area contributed by atoms with E-state index in [0.29, 0.717) is 0 Å². The van der Waals surface area contributed by atoms with E-state index in [1.54, 1.807) is 0 Å². The summed E-state index contributed by atoms with van der Waals surface area (Å²) in [5.41, 5.74) is 13.2. The highest BCUT2D eigenvalue weighted by molar-refractivity contribution is 5.82. The van der Waals surface area contributed by atoms with Gasteiger partial charge in [0.15, 0.2) is 0 Å². The maximum Gasteiger partial charge on any atom is 0.263 e. The molecule has 0 aliphatic carbocycles. The predicted octanol–water partition coefficient (Wildman–Crippen LogP) is 2.03. The standard InChI is InChI=1S/C19H18N10O3/c20-16-18(26-31-24-16)23-28-29(19-17(21)25-32-27-19)11-14(30)22-15(12-7-3-1-4-8-12)13-9-5-2-6-10-13/h1-10,15H,11H2,(H2,20,24)(H2,21,25)(H,22,30). The summed E-state index contributed by atoms with van der Waals surface area (Å²) in [6.45, 7) is -0.302. The topological polar surface area (TPSA) is 187 Å². The number of anilines is 3. The van der Waals surface area contributed by atoms with E-state index < -0.39 is 11.9 Å². The number of amides is 1. The summed E-state index contributed by atoms with van der Waals surface area (Å²) in [6.07, 6.45) is 0. The van der Waals surface area contributed by atoms with Crippen LogP contribution in [0.15, 0.2) is 80.3 Å². The molecule has 0 radical (unpaired) electrons. The molecule has 32 heavy (non-hydrogen) atoms. The van der Waals surface area contributed by atoms with E-state index in [0.717, 1.165) is 16.1 Å². The van der Waals surface area contributed by atoms with Crippen LogP contribution in [-0.4, -0.2) is 33.1 Å². The largest absolute Gasteiger partial charge is 0.378 e. The third-order valence-electron chi connectivity index (χ3n) is 4.35. The lowest BCUT2D eigenvalue weighted by Crippen LogP contribution is -2.37. The number of benzene rings is 2. The lowest BCUT2D eigenvalue weighted by Gasteiger charge is -2.21. The van der Waals surface area contributed by atoms with E-state index in [9.17, 15) is 4.79 Å². The first-order valence-electron chi connectivity index (χ1n) is 9.36. The minimum Gasteiger partial charge on any atom is -0.378 e. The fourth-order valence-corrected chi connectivity index (χ4v) is 2.87. The molecule has 162 valence electrons. The number of nitrogen functional groups attached to an aromatic ring is 2. The highest BCUT2D eigenvalue weighted by atomic mass is 16.6. The van der Waals surface area contributed by atoms with E-state index in [2.05, 4.69) is 45.5 Å². The Balaban J connectivity index is 1.57. The van der Waals surface area contributed by atoms with Crippen molar-refractivity contribution in [2.75, 3.05) is 23.0 Å². The van der Waals surface area contributed by atoms with Crippen LogP contribution in [0.2, 0.25) is 0 Å². The Morgan fingerprint density at radius 3 is 2.03 bits per heavy atom. The molecule has 5 N–H and O–H groups in total. The molecule has 0 atom stereocenters. The van der Waals surface area contributed by atoms with Gasteiger partial charge >= 0.3 is 0 Å². The second-order valence-electron chi connectivity index (χ2n) is 6.52. The van der Waals surface area contributed by atoms with Crippen molar-refractivity contribution < 1.29 is 14.1 Å². The zero-order chi connectivity index (χ0) is 22.3. The van der Waals surface area contributed by atoms with Crippen molar-refractivity contribution in [1.82, 2.24) is 25.9 Å². The molecule has 13 heteroatoms. The van der Waals surface area contributed by atoms with Crippen molar-refractivity contribution in [2.45, 2.75) is 6.04 Å². The predicted molar refractivity (Wildman–Crippen MR) is 112 cm³/mol. The molecule has 0 aliphatic heterocycles. The average Bonchev–Trinajstić information content (AvgIpc) is 3.44. The summed E-state index contributed by atoms with van der Waals surface area (Å²) in [7, 11) is 0. The van der Waals surface area contributed by atoms with Gasteiger partial charge in [0.2, 0.25) is 23.4 Å². The Hall–Kier alpha value is -4.81. The maximum atomic E-state index is 13.0. The van der Waals surface area contributed by atoms with Gasteiger partial charge in [0.05, 0.1) is 6.04 Å². The van der Waals surface area contributed by atoms with E-state index >= 15 is 0 Å². The minimum atomic E-state index is -0.396. The summed E-state index contributed by atoms with van der Waals surface area (Å²) >= 11 is 0. The number of aromatic nitrogens is 4. The number of carbonyl (C=O) groups excluding carboxylic acids is 1. The monoisotopic (exact) mass is 434 g/mol. The number of nitrogens with zero attached hydrogens (tertiary/aromatic N) is 7. The van der Waals surface area contributed by atoms with Crippen LogP contribution in [0.4, 0.5) is 23.3 Å². The van der Waals surface area contributed by atoms with Crippen LogP contribution >= 0.6 is 0 Å². The Labute approximate surface area is 181 Å². The number of nitrogens with two attached hydrogens (primary N) is 2. The normalized spacial score (nSPS) is 11.2. The van der Waals surface area contributed by atoms with Gasteiger partial charge in [0, 0.05) is 0 Å². The van der Waals surface area contributed by atoms with E-state index in [1.165, 1.54) is 0 Å². The third-order valence-corrected chi connectivity index (χ3v) is 4.35. The molecule has 0 saturated heterocycles. The Morgan fingerprint density at radius 2 is 1.50 bits per heavy atom. The summed E-state index contributed by atoms with van der Waals surface area (Å²) in [6, 6.07) is 18.7. The van der Waals surface area contributed by atoms with Crippen molar-refractivity contribution in [3.63, 3.8) is 0 Å². The summed E-state index contributed by atoms with van der Waals surface area (Å²) in [5, 5.41) is 26.0. The van der Waals surface area contributed by atoms with Gasteiger partial charge in [0.1, 0.15) is 6.54 Å². The van der Waals surface area contributed by atoms with Gasteiger partial charge in [-0.05, 0) is 31.8 Å². The Morgan fingerprint density at radius 1 is 0.906 bits per heavy atom. The highest BCUT2D eigenvalue weighted by Crippen LogP contribution is 2.24. The van der Waals surface area contributed by atoms with Gasteiger partial charge in [-0.1, -0.05) is 65.9 Å². The third kappa shape index (κ3) is 4.67. The fraction of sp³-hybridized carbons (Fsp3) is 0.105. The fourth-order valence-electron chi connectivity index (χ4n) is 2.87. The van der Waals surface area contributed by atoms with E-state index in [4.69, 9.17) is 11.5 Å². The SMILES string of the molecule is Nc1nonc1N=NN(CC(=O)NC(c1ccccc1)c1ccccc1)c1nonc1N. The van der Waals surface area contributed by atoms with E-state index in [1.807, 2.05) is 60.7 Å². The zero-order valence-electron chi connectivity index (χ0n) is 16.6. The number of hydrogen-bond donors (Lipinski definition) is 3. The molecule has 4 aromatic rings. The van der Waals surface area contributed by atoms with Crippen LogP contribution in [0.5, 0.6) is 0 Å².